The molecule has 1 heterocycles. The Labute approximate surface area is 90.8 Å². The van der Waals surface area contributed by atoms with Crippen LogP contribution in [0.3, 0.4) is 0 Å². The lowest BCUT2D eigenvalue weighted by Gasteiger charge is -2.21. The number of hydrogen-bond acceptors (Lipinski definition) is 2. The molecule has 0 aliphatic heterocycles. The van der Waals surface area contributed by atoms with Crippen LogP contribution >= 0.6 is 0 Å². The summed E-state index contributed by atoms with van der Waals surface area (Å²) >= 11 is 0. The van der Waals surface area contributed by atoms with Gasteiger partial charge in [-0.25, -0.2) is 0 Å². The molecule has 0 N–H and O–H groups in total. The summed E-state index contributed by atoms with van der Waals surface area (Å²) < 4.78 is 41.4. The molecule has 0 aromatic carbocycles. The maximum atomic E-state index is 12.2. The van der Waals surface area contributed by atoms with Crippen LogP contribution in [0.1, 0.15) is 23.0 Å². The first-order chi connectivity index (χ1) is 7.35. The van der Waals surface area contributed by atoms with Crippen LogP contribution in [0, 0.1) is 6.92 Å². The van der Waals surface area contributed by atoms with E-state index in [0.29, 0.717) is 10.5 Å². The standard InChI is InChI=1S/C10H12F3NO2/c1-3-14(6-10(11,12)13)9(15)8-7(2)4-5-16-8/h4-5H,3,6H2,1-2H3. The van der Waals surface area contributed by atoms with Crippen molar-refractivity contribution in [2.45, 2.75) is 20.0 Å². The lowest BCUT2D eigenvalue weighted by molar-refractivity contribution is -0.140. The van der Waals surface area contributed by atoms with Gasteiger partial charge in [0.2, 0.25) is 0 Å². The van der Waals surface area contributed by atoms with E-state index in [1.165, 1.54) is 19.3 Å². The smallest absolute Gasteiger partial charge is 0.406 e. The van der Waals surface area contributed by atoms with Crippen LogP contribution in [0.2, 0.25) is 0 Å². The normalized spacial score (nSPS) is 11.6. The molecule has 1 aromatic rings. The third kappa shape index (κ3) is 3.01. The lowest BCUT2D eigenvalue weighted by atomic mass is 10.2. The zero-order valence-electron chi connectivity index (χ0n) is 8.97. The second kappa shape index (κ2) is 4.59. The first-order valence-corrected chi connectivity index (χ1v) is 4.75. The lowest BCUT2D eigenvalue weighted by Crippen LogP contribution is -2.38. The van der Waals surface area contributed by atoms with E-state index in [-0.39, 0.29) is 12.3 Å². The summed E-state index contributed by atoms with van der Waals surface area (Å²) in [6.45, 7) is 1.82. The molecule has 0 spiro atoms. The molecule has 1 amide bonds. The van der Waals surface area contributed by atoms with E-state index in [1.807, 2.05) is 0 Å². The first-order valence-electron chi connectivity index (χ1n) is 4.75. The minimum atomic E-state index is -4.40. The second-order valence-electron chi connectivity index (χ2n) is 3.37. The Hall–Kier alpha value is -1.46. The Bertz CT molecular complexity index is 370. The van der Waals surface area contributed by atoms with Crippen molar-refractivity contribution in [2.75, 3.05) is 13.1 Å². The first kappa shape index (κ1) is 12.6. The van der Waals surface area contributed by atoms with Gasteiger partial charge >= 0.3 is 6.18 Å². The minimum Gasteiger partial charge on any atom is -0.459 e. The van der Waals surface area contributed by atoms with Crippen molar-refractivity contribution in [1.82, 2.24) is 4.90 Å². The maximum absolute atomic E-state index is 12.2. The molecule has 0 saturated carbocycles. The van der Waals surface area contributed by atoms with Gasteiger partial charge in [0.15, 0.2) is 5.76 Å². The Morgan fingerprint density at radius 3 is 2.50 bits per heavy atom. The SMILES string of the molecule is CCN(CC(F)(F)F)C(=O)c1occc1C. The average Bonchev–Trinajstić information content (AvgIpc) is 2.58. The van der Waals surface area contributed by atoms with Crippen LogP contribution in [0.25, 0.3) is 0 Å². The van der Waals surface area contributed by atoms with Gasteiger partial charge in [0.05, 0.1) is 6.26 Å². The van der Waals surface area contributed by atoms with E-state index in [0.717, 1.165) is 0 Å². The molecule has 3 nitrogen and oxygen atoms in total. The van der Waals surface area contributed by atoms with E-state index in [1.54, 1.807) is 6.92 Å². The summed E-state index contributed by atoms with van der Waals surface area (Å²) in [6, 6.07) is 1.54. The van der Waals surface area contributed by atoms with Crippen molar-refractivity contribution in [3.05, 3.63) is 23.7 Å². The molecule has 0 saturated heterocycles. The molecule has 6 heteroatoms. The predicted molar refractivity (Wildman–Crippen MR) is 51.1 cm³/mol. The molecule has 16 heavy (non-hydrogen) atoms. The Kier molecular flexibility index (Phi) is 3.62. The Morgan fingerprint density at radius 2 is 2.12 bits per heavy atom. The van der Waals surface area contributed by atoms with Gasteiger partial charge in [0, 0.05) is 12.1 Å². The maximum Gasteiger partial charge on any atom is 0.406 e. The largest absolute Gasteiger partial charge is 0.459 e. The predicted octanol–water partition coefficient (Wildman–Crippen LogP) is 2.61. The highest BCUT2D eigenvalue weighted by Crippen LogP contribution is 2.19. The molecule has 90 valence electrons. The molecule has 0 radical (unpaired) electrons. The van der Waals surface area contributed by atoms with Crippen molar-refractivity contribution in [1.29, 1.82) is 0 Å². The molecule has 1 rings (SSSR count). The van der Waals surface area contributed by atoms with Crippen molar-refractivity contribution in [3.8, 4) is 0 Å². The quantitative estimate of drug-likeness (QED) is 0.806. The summed E-state index contributed by atoms with van der Waals surface area (Å²) in [4.78, 5) is 12.4. The number of halogens is 3. The Morgan fingerprint density at radius 1 is 1.50 bits per heavy atom. The van der Waals surface area contributed by atoms with Crippen molar-refractivity contribution >= 4 is 5.91 Å². The van der Waals surface area contributed by atoms with E-state index in [2.05, 4.69) is 0 Å². The fourth-order valence-corrected chi connectivity index (χ4v) is 1.28. The number of nitrogens with zero attached hydrogens (tertiary/aromatic N) is 1. The summed E-state index contributed by atoms with van der Waals surface area (Å²) in [5, 5.41) is 0. The molecular weight excluding hydrogens is 223 g/mol. The molecule has 0 unspecified atom stereocenters. The molecule has 0 aliphatic rings. The number of amides is 1. The van der Waals surface area contributed by atoms with Crippen LogP contribution in [-0.2, 0) is 0 Å². The fraction of sp³-hybridized carbons (Fsp3) is 0.500. The fourth-order valence-electron chi connectivity index (χ4n) is 1.28. The van der Waals surface area contributed by atoms with Crippen molar-refractivity contribution < 1.29 is 22.4 Å². The van der Waals surface area contributed by atoms with Gasteiger partial charge in [0.1, 0.15) is 6.54 Å². The molecule has 0 atom stereocenters. The number of carbonyl (C=O) groups is 1. The van der Waals surface area contributed by atoms with Crippen LogP contribution < -0.4 is 0 Å². The van der Waals surface area contributed by atoms with Gasteiger partial charge in [-0.15, -0.1) is 0 Å². The van der Waals surface area contributed by atoms with Crippen molar-refractivity contribution in [2.24, 2.45) is 0 Å². The third-order valence-corrected chi connectivity index (χ3v) is 2.10. The number of aryl methyl sites for hydroxylation is 1. The zero-order valence-corrected chi connectivity index (χ0v) is 8.97. The monoisotopic (exact) mass is 235 g/mol. The summed E-state index contributed by atoms with van der Waals surface area (Å²) in [5.41, 5.74) is 0.533. The number of carbonyl (C=O) groups excluding carboxylic acids is 1. The average molecular weight is 235 g/mol. The van der Waals surface area contributed by atoms with Crippen LogP contribution in [0.5, 0.6) is 0 Å². The molecule has 0 bridgehead atoms. The van der Waals surface area contributed by atoms with Gasteiger partial charge in [-0.2, -0.15) is 13.2 Å². The number of hydrogen-bond donors (Lipinski definition) is 0. The van der Waals surface area contributed by atoms with Gasteiger partial charge in [-0.05, 0) is 19.9 Å². The van der Waals surface area contributed by atoms with Crippen molar-refractivity contribution in [3.63, 3.8) is 0 Å². The van der Waals surface area contributed by atoms with Gasteiger partial charge < -0.3 is 9.32 Å². The van der Waals surface area contributed by atoms with Gasteiger partial charge in [-0.3, -0.25) is 4.79 Å². The highest BCUT2D eigenvalue weighted by Gasteiger charge is 2.33. The summed E-state index contributed by atoms with van der Waals surface area (Å²) in [5.74, 6) is -0.770. The summed E-state index contributed by atoms with van der Waals surface area (Å²) in [6.07, 6.45) is -3.11. The second-order valence-corrected chi connectivity index (χ2v) is 3.37. The van der Waals surface area contributed by atoms with Gasteiger partial charge in [-0.1, -0.05) is 0 Å². The van der Waals surface area contributed by atoms with Crippen LogP contribution in [0.4, 0.5) is 13.2 Å². The van der Waals surface area contributed by atoms with E-state index in [4.69, 9.17) is 4.42 Å². The highest BCUT2D eigenvalue weighted by molar-refractivity contribution is 5.92. The number of rotatable bonds is 3. The van der Waals surface area contributed by atoms with E-state index in [9.17, 15) is 18.0 Å². The Balaban J connectivity index is 2.82. The van der Waals surface area contributed by atoms with Crippen LogP contribution in [-0.4, -0.2) is 30.1 Å². The third-order valence-electron chi connectivity index (χ3n) is 2.10. The van der Waals surface area contributed by atoms with Gasteiger partial charge in [0.25, 0.3) is 5.91 Å². The molecule has 1 aromatic heterocycles. The van der Waals surface area contributed by atoms with E-state index < -0.39 is 18.6 Å². The number of alkyl halides is 3. The molecular formula is C10H12F3NO2. The zero-order chi connectivity index (χ0) is 12.3. The summed E-state index contributed by atoms with van der Waals surface area (Å²) in [7, 11) is 0. The molecule has 0 aliphatic carbocycles. The minimum absolute atomic E-state index is 0.0154. The van der Waals surface area contributed by atoms with Crippen LogP contribution in [0.15, 0.2) is 16.7 Å². The molecule has 0 fully saturated rings. The highest BCUT2D eigenvalue weighted by atomic mass is 19.4. The number of furan rings is 1. The van der Waals surface area contributed by atoms with E-state index >= 15 is 0 Å². The topological polar surface area (TPSA) is 33.5 Å².